The van der Waals surface area contributed by atoms with Crippen LogP contribution >= 0.6 is 11.6 Å². The number of carbonyl (C=O) groups excluding carboxylic acids is 2. The lowest BCUT2D eigenvalue weighted by Gasteiger charge is -2.19. The Hall–Kier alpha value is -2.40. The molecule has 1 aromatic carbocycles. The second kappa shape index (κ2) is 8.32. The van der Waals surface area contributed by atoms with Crippen molar-refractivity contribution in [2.24, 2.45) is 0 Å². The summed E-state index contributed by atoms with van der Waals surface area (Å²) in [7, 11) is 0. The van der Waals surface area contributed by atoms with E-state index in [0.717, 1.165) is 44.3 Å². The average molecular weight is 372 g/mol. The molecule has 0 bridgehead atoms. The van der Waals surface area contributed by atoms with Crippen LogP contribution in [0.3, 0.4) is 0 Å². The number of nitrogens with one attached hydrogen (secondary N) is 1. The van der Waals surface area contributed by atoms with Crippen LogP contribution in [0.25, 0.3) is 0 Å². The molecule has 2 heterocycles. The van der Waals surface area contributed by atoms with Crippen LogP contribution in [0.2, 0.25) is 5.02 Å². The highest BCUT2D eigenvalue weighted by molar-refractivity contribution is 6.30. The van der Waals surface area contributed by atoms with Gasteiger partial charge in [0, 0.05) is 35.6 Å². The molecule has 0 saturated carbocycles. The van der Waals surface area contributed by atoms with Crippen molar-refractivity contribution < 1.29 is 9.59 Å². The lowest BCUT2D eigenvalue weighted by Crippen LogP contribution is -2.32. The second-order valence-electron chi connectivity index (χ2n) is 6.55. The number of amides is 2. The maximum atomic E-state index is 12.7. The first-order chi connectivity index (χ1) is 12.5. The number of likely N-dealkylation sites (tertiary alicyclic amines) is 1. The molecular weight excluding hydrogens is 350 g/mol. The van der Waals surface area contributed by atoms with Crippen LogP contribution in [0.4, 0.5) is 5.69 Å². The van der Waals surface area contributed by atoms with E-state index in [2.05, 4.69) is 10.3 Å². The summed E-state index contributed by atoms with van der Waals surface area (Å²) >= 11 is 5.95. The van der Waals surface area contributed by atoms with E-state index in [4.69, 9.17) is 11.6 Å². The van der Waals surface area contributed by atoms with Crippen molar-refractivity contribution in [3.8, 4) is 0 Å². The molecule has 5 nitrogen and oxygen atoms in total. The first-order valence-electron chi connectivity index (χ1n) is 8.87. The summed E-state index contributed by atoms with van der Waals surface area (Å²) in [6.07, 6.45) is 5.85. The van der Waals surface area contributed by atoms with E-state index in [-0.39, 0.29) is 11.8 Å². The van der Waals surface area contributed by atoms with Crippen molar-refractivity contribution in [1.82, 2.24) is 9.88 Å². The van der Waals surface area contributed by atoms with Crippen LogP contribution in [-0.4, -0.2) is 34.8 Å². The van der Waals surface area contributed by atoms with Crippen molar-refractivity contribution >= 4 is 29.1 Å². The number of aromatic nitrogens is 1. The van der Waals surface area contributed by atoms with Crippen molar-refractivity contribution in [2.45, 2.75) is 32.6 Å². The van der Waals surface area contributed by atoms with Gasteiger partial charge in [-0.25, -0.2) is 0 Å². The van der Waals surface area contributed by atoms with Crippen molar-refractivity contribution in [1.29, 1.82) is 0 Å². The molecule has 1 saturated heterocycles. The fourth-order valence-electron chi connectivity index (χ4n) is 3.09. The SMILES string of the molecule is Cc1cc(Cl)ccc1NC(=O)c1ccnc(C(=O)N2CCCCCC2)c1. The fourth-order valence-corrected chi connectivity index (χ4v) is 3.31. The van der Waals surface area contributed by atoms with Gasteiger partial charge >= 0.3 is 0 Å². The Morgan fingerprint density at radius 2 is 1.81 bits per heavy atom. The van der Waals surface area contributed by atoms with Gasteiger partial charge in [0.2, 0.25) is 0 Å². The Morgan fingerprint density at radius 1 is 1.08 bits per heavy atom. The van der Waals surface area contributed by atoms with Gasteiger partial charge in [-0.3, -0.25) is 14.6 Å². The van der Waals surface area contributed by atoms with Crippen LogP contribution in [0.5, 0.6) is 0 Å². The van der Waals surface area contributed by atoms with E-state index in [1.54, 1.807) is 30.3 Å². The van der Waals surface area contributed by atoms with Crippen molar-refractivity contribution in [2.75, 3.05) is 18.4 Å². The first kappa shape index (κ1) is 18.4. The van der Waals surface area contributed by atoms with Gasteiger partial charge in [0.25, 0.3) is 11.8 Å². The topological polar surface area (TPSA) is 62.3 Å². The molecule has 1 aliphatic rings. The molecule has 3 rings (SSSR count). The normalized spacial score (nSPS) is 14.6. The average Bonchev–Trinajstić information content (AvgIpc) is 2.93. The minimum Gasteiger partial charge on any atom is -0.337 e. The van der Waals surface area contributed by atoms with Gasteiger partial charge in [-0.1, -0.05) is 24.4 Å². The number of halogens is 1. The highest BCUT2D eigenvalue weighted by atomic mass is 35.5. The zero-order valence-corrected chi connectivity index (χ0v) is 15.6. The van der Waals surface area contributed by atoms with Gasteiger partial charge < -0.3 is 10.2 Å². The summed E-state index contributed by atoms with van der Waals surface area (Å²) in [6.45, 7) is 3.38. The number of carbonyl (C=O) groups is 2. The number of rotatable bonds is 3. The number of pyridine rings is 1. The highest BCUT2D eigenvalue weighted by Crippen LogP contribution is 2.20. The summed E-state index contributed by atoms with van der Waals surface area (Å²) in [5.41, 5.74) is 2.29. The van der Waals surface area contributed by atoms with E-state index < -0.39 is 0 Å². The lowest BCUT2D eigenvalue weighted by atomic mass is 10.1. The van der Waals surface area contributed by atoms with Gasteiger partial charge in [0.1, 0.15) is 5.69 Å². The molecule has 1 aromatic heterocycles. The third-order valence-corrected chi connectivity index (χ3v) is 4.81. The maximum Gasteiger partial charge on any atom is 0.272 e. The molecular formula is C20H22ClN3O2. The number of aryl methyl sites for hydroxylation is 1. The molecule has 0 unspecified atom stereocenters. The summed E-state index contributed by atoms with van der Waals surface area (Å²) in [6, 6.07) is 8.46. The van der Waals surface area contributed by atoms with E-state index in [9.17, 15) is 9.59 Å². The predicted molar refractivity (Wildman–Crippen MR) is 103 cm³/mol. The molecule has 0 spiro atoms. The minimum absolute atomic E-state index is 0.107. The Balaban J connectivity index is 1.75. The second-order valence-corrected chi connectivity index (χ2v) is 6.99. The zero-order chi connectivity index (χ0) is 18.5. The van der Waals surface area contributed by atoms with E-state index in [1.165, 1.54) is 6.20 Å². The molecule has 2 amide bonds. The Kier molecular flexibility index (Phi) is 5.89. The largest absolute Gasteiger partial charge is 0.337 e. The summed E-state index contributed by atoms with van der Waals surface area (Å²) in [4.78, 5) is 31.3. The van der Waals surface area contributed by atoms with Gasteiger partial charge in [-0.2, -0.15) is 0 Å². The van der Waals surface area contributed by atoms with Crippen molar-refractivity contribution in [3.63, 3.8) is 0 Å². The number of hydrogen-bond acceptors (Lipinski definition) is 3. The Bertz CT molecular complexity index is 814. The zero-order valence-electron chi connectivity index (χ0n) is 14.8. The number of benzene rings is 1. The molecule has 0 radical (unpaired) electrons. The quantitative estimate of drug-likeness (QED) is 0.874. The predicted octanol–water partition coefficient (Wildman–Crippen LogP) is 4.31. The van der Waals surface area contributed by atoms with Crippen LogP contribution < -0.4 is 5.32 Å². The van der Waals surface area contributed by atoms with Crippen LogP contribution in [0, 0.1) is 6.92 Å². The molecule has 26 heavy (non-hydrogen) atoms. The van der Waals surface area contributed by atoms with Crippen LogP contribution in [0.1, 0.15) is 52.1 Å². The van der Waals surface area contributed by atoms with Crippen molar-refractivity contribution in [3.05, 3.63) is 58.4 Å². The molecule has 1 fully saturated rings. The third-order valence-electron chi connectivity index (χ3n) is 4.57. The van der Waals surface area contributed by atoms with E-state index in [0.29, 0.717) is 22.0 Å². The van der Waals surface area contributed by atoms with E-state index >= 15 is 0 Å². The molecule has 2 aromatic rings. The Morgan fingerprint density at radius 3 is 2.50 bits per heavy atom. The molecule has 0 atom stereocenters. The third kappa shape index (κ3) is 4.41. The molecule has 136 valence electrons. The first-order valence-corrected chi connectivity index (χ1v) is 9.25. The maximum absolute atomic E-state index is 12.7. The standard InChI is InChI=1S/C20H22ClN3O2/c1-14-12-16(21)6-7-17(14)23-19(25)15-8-9-22-18(13-15)20(26)24-10-4-2-3-5-11-24/h6-9,12-13H,2-5,10-11H2,1H3,(H,23,25). The van der Waals surface area contributed by atoms with Crippen LogP contribution in [0.15, 0.2) is 36.5 Å². The number of hydrogen-bond donors (Lipinski definition) is 1. The minimum atomic E-state index is -0.275. The van der Waals surface area contributed by atoms with Gasteiger partial charge in [-0.05, 0) is 55.7 Å². The summed E-state index contributed by atoms with van der Waals surface area (Å²) in [5.74, 6) is -0.382. The smallest absolute Gasteiger partial charge is 0.272 e. The molecule has 0 aliphatic carbocycles. The van der Waals surface area contributed by atoms with Gasteiger partial charge in [0.05, 0.1) is 0 Å². The van der Waals surface area contributed by atoms with Crippen LogP contribution in [-0.2, 0) is 0 Å². The molecule has 1 aliphatic heterocycles. The summed E-state index contributed by atoms with van der Waals surface area (Å²) < 4.78 is 0. The highest BCUT2D eigenvalue weighted by Gasteiger charge is 2.19. The molecule has 6 heteroatoms. The fraction of sp³-hybridized carbons (Fsp3) is 0.350. The lowest BCUT2D eigenvalue weighted by molar-refractivity contribution is 0.0755. The number of nitrogens with zero attached hydrogens (tertiary/aromatic N) is 2. The van der Waals surface area contributed by atoms with Gasteiger partial charge in [-0.15, -0.1) is 0 Å². The van der Waals surface area contributed by atoms with Gasteiger partial charge in [0.15, 0.2) is 0 Å². The monoisotopic (exact) mass is 371 g/mol. The number of anilines is 1. The Labute approximate surface area is 158 Å². The summed E-state index contributed by atoms with van der Waals surface area (Å²) in [5, 5.41) is 3.48. The van der Waals surface area contributed by atoms with E-state index in [1.807, 2.05) is 11.8 Å². The molecule has 1 N–H and O–H groups in total.